The van der Waals surface area contributed by atoms with E-state index in [1.807, 2.05) is 0 Å². The topological polar surface area (TPSA) is 66.5 Å². The standard InChI is InChI=1S/C18H30N2O3S2/c1-5-18(2,3)14-8-10-15(11-9-14)19-16(21)13-20(4)25(22,23)17-7-6-12-24-17/h6-7,12,14-15H,5,8-11,13H2,1-4H3,(H,19,21). The Kier molecular flexibility index (Phi) is 6.68. The second kappa shape index (κ2) is 8.18. The molecule has 0 radical (unpaired) electrons. The van der Waals surface area contributed by atoms with Gasteiger partial charge in [-0.2, -0.15) is 4.31 Å². The lowest BCUT2D eigenvalue weighted by atomic mass is 9.69. The van der Waals surface area contributed by atoms with Gasteiger partial charge in [0.25, 0.3) is 10.0 Å². The van der Waals surface area contributed by atoms with Crippen molar-refractivity contribution in [3.63, 3.8) is 0 Å². The fraction of sp³-hybridized carbons (Fsp3) is 0.722. The minimum Gasteiger partial charge on any atom is -0.352 e. The van der Waals surface area contributed by atoms with Crippen LogP contribution < -0.4 is 5.32 Å². The van der Waals surface area contributed by atoms with E-state index >= 15 is 0 Å². The predicted octanol–water partition coefficient (Wildman–Crippen LogP) is 3.48. The van der Waals surface area contributed by atoms with E-state index in [-0.39, 0.29) is 22.7 Å². The number of amides is 1. The third-order valence-electron chi connectivity index (χ3n) is 5.63. The molecule has 1 fully saturated rings. The quantitative estimate of drug-likeness (QED) is 0.780. The van der Waals surface area contributed by atoms with Crippen molar-refractivity contribution in [1.29, 1.82) is 0 Å². The van der Waals surface area contributed by atoms with E-state index in [2.05, 4.69) is 26.1 Å². The van der Waals surface area contributed by atoms with Crippen molar-refractivity contribution in [2.24, 2.45) is 11.3 Å². The summed E-state index contributed by atoms with van der Waals surface area (Å²) in [6, 6.07) is 3.42. The monoisotopic (exact) mass is 386 g/mol. The Morgan fingerprint density at radius 3 is 2.48 bits per heavy atom. The molecular weight excluding hydrogens is 356 g/mol. The highest BCUT2D eigenvalue weighted by Gasteiger charge is 2.32. The number of nitrogens with one attached hydrogen (secondary N) is 1. The molecule has 7 heteroatoms. The van der Waals surface area contributed by atoms with Gasteiger partial charge in [0.1, 0.15) is 4.21 Å². The number of hydrogen-bond donors (Lipinski definition) is 1. The van der Waals surface area contributed by atoms with E-state index in [0.29, 0.717) is 11.3 Å². The molecule has 1 aromatic heterocycles. The molecule has 1 aromatic rings. The van der Waals surface area contributed by atoms with Crippen LogP contribution in [0.1, 0.15) is 52.9 Å². The van der Waals surface area contributed by atoms with Crippen LogP contribution in [0.4, 0.5) is 0 Å². The fourth-order valence-corrected chi connectivity index (χ4v) is 5.76. The van der Waals surface area contributed by atoms with E-state index in [9.17, 15) is 13.2 Å². The van der Waals surface area contributed by atoms with E-state index in [4.69, 9.17) is 0 Å². The Labute approximate surface area is 155 Å². The number of carbonyl (C=O) groups is 1. The maximum atomic E-state index is 12.4. The highest BCUT2D eigenvalue weighted by Crippen LogP contribution is 2.40. The first-order valence-electron chi connectivity index (χ1n) is 8.96. The van der Waals surface area contributed by atoms with E-state index in [0.717, 1.165) is 41.3 Å². The number of sulfonamides is 1. The van der Waals surface area contributed by atoms with Gasteiger partial charge in [0, 0.05) is 13.1 Å². The van der Waals surface area contributed by atoms with Crippen LogP contribution in [0.15, 0.2) is 21.7 Å². The number of rotatable bonds is 7. The number of thiophene rings is 1. The van der Waals surface area contributed by atoms with E-state index < -0.39 is 10.0 Å². The second-order valence-corrected chi connectivity index (χ2v) is 10.9. The molecule has 1 N–H and O–H groups in total. The first-order chi connectivity index (χ1) is 11.7. The van der Waals surface area contributed by atoms with E-state index in [1.165, 1.54) is 13.5 Å². The van der Waals surface area contributed by atoms with Crippen LogP contribution in [0.3, 0.4) is 0 Å². The first kappa shape index (κ1) is 20.4. The number of nitrogens with zero attached hydrogens (tertiary/aromatic N) is 1. The molecule has 1 aliphatic rings. The van der Waals surface area contributed by atoms with Gasteiger partial charge in [-0.15, -0.1) is 11.3 Å². The average molecular weight is 387 g/mol. The minimum absolute atomic E-state index is 0.138. The van der Waals surface area contributed by atoms with Gasteiger partial charge in [-0.05, 0) is 48.5 Å². The SMILES string of the molecule is CCC(C)(C)C1CCC(NC(=O)CN(C)S(=O)(=O)c2cccs2)CC1. The zero-order valence-electron chi connectivity index (χ0n) is 15.6. The summed E-state index contributed by atoms with van der Waals surface area (Å²) in [7, 11) is -2.12. The predicted molar refractivity (Wildman–Crippen MR) is 102 cm³/mol. The average Bonchev–Trinajstić information content (AvgIpc) is 3.10. The highest BCUT2D eigenvalue weighted by molar-refractivity contribution is 7.91. The number of carbonyl (C=O) groups excluding carboxylic acids is 1. The van der Waals surface area contributed by atoms with Crippen LogP contribution in [0.5, 0.6) is 0 Å². The summed E-state index contributed by atoms with van der Waals surface area (Å²) in [5.41, 5.74) is 0.351. The normalized spacial score (nSPS) is 22.1. The number of likely N-dealkylation sites (N-methyl/N-ethyl adjacent to an activating group) is 1. The molecule has 1 aliphatic carbocycles. The molecule has 25 heavy (non-hydrogen) atoms. The van der Waals surface area contributed by atoms with Gasteiger partial charge in [0.2, 0.25) is 5.91 Å². The van der Waals surface area contributed by atoms with Gasteiger partial charge in [0.15, 0.2) is 0 Å². The largest absolute Gasteiger partial charge is 0.352 e. The van der Waals surface area contributed by atoms with Gasteiger partial charge in [-0.3, -0.25) is 4.79 Å². The van der Waals surface area contributed by atoms with Gasteiger partial charge in [-0.25, -0.2) is 8.42 Å². The molecule has 0 spiro atoms. The zero-order valence-corrected chi connectivity index (χ0v) is 17.3. The van der Waals surface area contributed by atoms with Crippen LogP contribution in [0.2, 0.25) is 0 Å². The van der Waals surface area contributed by atoms with Crippen molar-refractivity contribution in [2.75, 3.05) is 13.6 Å². The second-order valence-electron chi connectivity index (χ2n) is 7.65. The van der Waals surface area contributed by atoms with Crippen molar-refractivity contribution in [3.8, 4) is 0 Å². The van der Waals surface area contributed by atoms with Crippen molar-refractivity contribution in [3.05, 3.63) is 17.5 Å². The Bertz CT molecular complexity index is 661. The van der Waals surface area contributed by atoms with Gasteiger partial charge >= 0.3 is 0 Å². The van der Waals surface area contributed by atoms with Crippen LogP contribution in [0.25, 0.3) is 0 Å². The highest BCUT2D eigenvalue weighted by atomic mass is 32.2. The summed E-state index contributed by atoms with van der Waals surface area (Å²) < 4.78 is 26.1. The molecule has 0 unspecified atom stereocenters. The Balaban J connectivity index is 1.83. The maximum absolute atomic E-state index is 12.4. The van der Waals surface area contributed by atoms with Gasteiger partial charge in [0.05, 0.1) is 6.54 Å². The lowest BCUT2D eigenvalue weighted by Crippen LogP contribution is -2.44. The third-order valence-corrected chi connectivity index (χ3v) is 8.81. The lowest BCUT2D eigenvalue weighted by molar-refractivity contribution is -0.122. The van der Waals surface area contributed by atoms with Crippen LogP contribution in [-0.2, 0) is 14.8 Å². The minimum atomic E-state index is -3.57. The van der Waals surface area contributed by atoms with Crippen molar-refractivity contribution >= 4 is 27.3 Å². The Hall–Kier alpha value is -0.920. The van der Waals surface area contributed by atoms with Crippen LogP contribution >= 0.6 is 11.3 Å². The lowest BCUT2D eigenvalue weighted by Gasteiger charge is -2.39. The molecule has 0 saturated heterocycles. The molecule has 142 valence electrons. The molecule has 1 heterocycles. The smallest absolute Gasteiger partial charge is 0.252 e. The first-order valence-corrected chi connectivity index (χ1v) is 11.3. The molecule has 0 aromatic carbocycles. The molecule has 2 rings (SSSR count). The summed E-state index contributed by atoms with van der Waals surface area (Å²) in [6.07, 6.45) is 5.35. The number of hydrogen-bond acceptors (Lipinski definition) is 4. The van der Waals surface area contributed by atoms with Crippen molar-refractivity contribution < 1.29 is 13.2 Å². The van der Waals surface area contributed by atoms with E-state index in [1.54, 1.807) is 17.5 Å². The Morgan fingerprint density at radius 2 is 1.96 bits per heavy atom. The third kappa shape index (κ3) is 5.05. The fourth-order valence-electron chi connectivity index (χ4n) is 3.43. The molecular formula is C18H30N2O3S2. The summed E-state index contributed by atoms with van der Waals surface area (Å²) in [4.78, 5) is 12.3. The molecule has 0 aliphatic heterocycles. The summed E-state index contributed by atoms with van der Waals surface area (Å²) >= 11 is 1.16. The van der Waals surface area contributed by atoms with Crippen LogP contribution in [-0.4, -0.2) is 38.3 Å². The Morgan fingerprint density at radius 1 is 1.32 bits per heavy atom. The molecule has 1 amide bonds. The maximum Gasteiger partial charge on any atom is 0.252 e. The van der Waals surface area contributed by atoms with Gasteiger partial charge < -0.3 is 5.32 Å². The zero-order chi connectivity index (χ0) is 18.7. The molecule has 0 bridgehead atoms. The van der Waals surface area contributed by atoms with Crippen molar-refractivity contribution in [1.82, 2.24) is 9.62 Å². The molecule has 1 saturated carbocycles. The van der Waals surface area contributed by atoms with Crippen molar-refractivity contribution in [2.45, 2.75) is 63.1 Å². The molecule has 5 nitrogen and oxygen atoms in total. The van der Waals surface area contributed by atoms with Gasteiger partial charge in [-0.1, -0.05) is 33.3 Å². The van der Waals surface area contributed by atoms with Crippen LogP contribution in [0, 0.1) is 11.3 Å². The summed E-state index contributed by atoms with van der Waals surface area (Å²) in [5.74, 6) is 0.480. The molecule has 0 atom stereocenters. The summed E-state index contributed by atoms with van der Waals surface area (Å²) in [5, 5.41) is 4.73. The summed E-state index contributed by atoms with van der Waals surface area (Å²) in [6.45, 7) is 6.74.